The topological polar surface area (TPSA) is 63.8 Å². The van der Waals surface area contributed by atoms with Crippen molar-refractivity contribution >= 4 is 0 Å². The van der Waals surface area contributed by atoms with Crippen molar-refractivity contribution in [2.45, 2.75) is 26.8 Å². The largest absolute Gasteiger partial charge is 0.271 e. The fourth-order valence-corrected chi connectivity index (χ4v) is 1.36. The predicted molar refractivity (Wildman–Crippen MR) is 56.4 cm³/mol. The van der Waals surface area contributed by atoms with E-state index in [0.717, 1.165) is 22.5 Å². The van der Waals surface area contributed by atoms with Crippen LogP contribution in [-0.2, 0) is 0 Å². The Labute approximate surface area is 84.2 Å². The molecular formula is C10H16N4. The number of aromatic nitrogens is 2. The lowest BCUT2D eigenvalue weighted by Crippen LogP contribution is -2.29. The summed E-state index contributed by atoms with van der Waals surface area (Å²) in [6.07, 6.45) is 0. The first-order valence-corrected chi connectivity index (χ1v) is 4.48. The van der Waals surface area contributed by atoms with Gasteiger partial charge < -0.3 is 0 Å². The summed E-state index contributed by atoms with van der Waals surface area (Å²) in [7, 11) is 0. The van der Waals surface area contributed by atoms with Gasteiger partial charge in [0.1, 0.15) is 0 Å². The van der Waals surface area contributed by atoms with E-state index >= 15 is 0 Å². The first-order valence-electron chi connectivity index (χ1n) is 4.48. The summed E-state index contributed by atoms with van der Waals surface area (Å²) in [4.78, 5) is 0. The molecule has 76 valence electrons. The van der Waals surface area contributed by atoms with Crippen LogP contribution in [0.25, 0.3) is 0 Å². The molecule has 3 N–H and O–H groups in total. The zero-order valence-corrected chi connectivity index (χ0v) is 8.83. The van der Waals surface area contributed by atoms with E-state index < -0.39 is 0 Å². The second-order valence-corrected chi connectivity index (χ2v) is 3.47. The average molecular weight is 192 g/mol. The lowest BCUT2D eigenvalue weighted by Gasteiger charge is -2.17. The highest BCUT2D eigenvalue weighted by atomic mass is 15.2. The molecule has 0 fully saturated rings. The molecule has 1 unspecified atom stereocenters. The highest BCUT2D eigenvalue weighted by molar-refractivity contribution is 5.29. The standard InChI is InChI=1S/C10H16N4/c1-6(2)10(12-11)9-5-7(3)13-14-8(9)4/h5,10,12H,1,11H2,2-4H3. The second-order valence-electron chi connectivity index (χ2n) is 3.47. The number of hydrogen-bond donors (Lipinski definition) is 2. The Kier molecular flexibility index (Phi) is 3.33. The molecule has 1 aromatic heterocycles. The lowest BCUT2D eigenvalue weighted by molar-refractivity contribution is 0.616. The minimum Gasteiger partial charge on any atom is -0.271 e. The van der Waals surface area contributed by atoms with Crippen molar-refractivity contribution in [3.8, 4) is 0 Å². The molecule has 0 aliphatic rings. The van der Waals surface area contributed by atoms with Crippen LogP contribution in [0.5, 0.6) is 0 Å². The normalized spacial score (nSPS) is 12.6. The average Bonchev–Trinajstić information content (AvgIpc) is 2.11. The number of rotatable bonds is 3. The number of nitrogens with two attached hydrogens (primary N) is 1. The van der Waals surface area contributed by atoms with Crippen LogP contribution in [0.2, 0.25) is 0 Å². The minimum atomic E-state index is -0.0517. The molecule has 0 spiro atoms. The number of aryl methyl sites for hydroxylation is 2. The highest BCUT2D eigenvalue weighted by Crippen LogP contribution is 2.21. The van der Waals surface area contributed by atoms with Gasteiger partial charge >= 0.3 is 0 Å². The number of hydrazine groups is 1. The Morgan fingerprint density at radius 1 is 1.50 bits per heavy atom. The van der Waals surface area contributed by atoms with Gasteiger partial charge in [-0.1, -0.05) is 12.2 Å². The summed E-state index contributed by atoms with van der Waals surface area (Å²) in [6.45, 7) is 9.63. The molecule has 0 aromatic carbocycles. The fraction of sp³-hybridized carbons (Fsp3) is 0.400. The van der Waals surface area contributed by atoms with E-state index in [1.165, 1.54) is 0 Å². The molecule has 1 heterocycles. The molecule has 1 aromatic rings. The molecule has 1 atom stereocenters. The van der Waals surface area contributed by atoms with Crippen LogP contribution in [-0.4, -0.2) is 10.2 Å². The monoisotopic (exact) mass is 192 g/mol. The van der Waals surface area contributed by atoms with Crippen LogP contribution in [0.4, 0.5) is 0 Å². The van der Waals surface area contributed by atoms with E-state index in [1.807, 2.05) is 26.8 Å². The van der Waals surface area contributed by atoms with Gasteiger partial charge in [-0.2, -0.15) is 10.2 Å². The van der Waals surface area contributed by atoms with Crippen LogP contribution < -0.4 is 11.3 Å². The summed E-state index contributed by atoms with van der Waals surface area (Å²) in [5.74, 6) is 5.47. The maximum atomic E-state index is 5.47. The second kappa shape index (κ2) is 4.30. The molecule has 0 saturated heterocycles. The Hall–Kier alpha value is -1.26. The van der Waals surface area contributed by atoms with Gasteiger partial charge in [-0.05, 0) is 32.4 Å². The fourth-order valence-electron chi connectivity index (χ4n) is 1.36. The zero-order valence-electron chi connectivity index (χ0n) is 8.83. The van der Waals surface area contributed by atoms with Gasteiger partial charge in [-0.3, -0.25) is 5.84 Å². The first kappa shape index (κ1) is 10.8. The van der Waals surface area contributed by atoms with Gasteiger partial charge in [0.15, 0.2) is 0 Å². The molecule has 4 nitrogen and oxygen atoms in total. The van der Waals surface area contributed by atoms with Crippen LogP contribution in [0.15, 0.2) is 18.2 Å². The van der Waals surface area contributed by atoms with Crippen molar-refractivity contribution in [3.63, 3.8) is 0 Å². The molecule has 14 heavy (non-hydrogen) atoms. The van der Waals surface area contributed by atoms with E-state index in [9.17, 15) is 0 Å². The summed E-state index contributed by atoms with van der Waals surface area (Å²) in [5, 5.41) is 8.01. The van der Waals surface area contributed by atoms with Crippen molar-refractivity contribution in [2.24, 2.45) is 5.84 Å². The van der Waals surface area contributed by atoms with E-state index in [2.05, 4.69) is 22.2 Å². The maximum Gasteiger partial charge on any atom is 0.0683 e. The molecule has 0 saturated carbocycles. The lowest BCUT2D eigenvalue weighted by atomic mass is 10.0. The smallest absolute Gasteiger partial charge is 0.0683 e. The van der Waals surface area contributed by atoms with Gasteiger partial charge in [0.2, 0.25) is 0 Å². The Balaban J connectivity index is 3.15. The molecule has 0 aliphatic heterocycles. The number of hydrogen-bond acceptors (Lipinski definition) is 4. The maximum absolute atomic E-state index is 5.47. The minimum absolute atomic E-state index is 0.0517. The molecule has 0 aliphatic carbocycles. The molecular weight excluding hydrogens is 176 g/mol. The third-order valence-corrected chi connectivity index (χ3v) is 2.11. The summed E-state index contributed by atoms with van der Waals surface area (Å²) in [6, 6.07) is 1.92. The van der Waals surface area contributed by atoms with Crippen molar-refractivity contribution in [1.82, 2.24) is 15.6 Å². The third-order valence-electron chi connectivity index (χ3n) is 2.11. The predicted octanol–water partition coefficient (Wildman–Crippen LogP) is 1.17. The zero-order chi connectivity index (χ0) is 10.7. The van der Waals surface area contributed by atoms with Crippen molar-refractivity contribution in [3.05, 3.63) is 35.2 Å². The van der Waals surface area contributed by atoms with E-state index in [0.29, 0.717) is 0 Å². The molecule has 1 rings (SSSR count). The van der Waals surface area contributed by atoms with Gasteiger partial charge in [0, 0.05) is 0 Å². The van der Waals surface area contributed by atoms with E-state index in [1.54, 1.807) is 0 Å². The SMILES string of the molecule is C=C(C)C(NN)c1cc(C)nnc1C. The van der Waals surface area contributed by atoms with Crippen molar-refractivity contribution in [1.29, 1.82) is 0 Å². The first-order chi connectivity index (χ1) is 6.56. The molecule has 0 bridgehead atoms. The van der Waals surface area contributed by atoms with E-state index in [-0.39, 0.29) is 6.04 Å². The Morgan fingerprint density at radius 2 is 2.14 bits per heavy atom. The molecule has 0 amide bonds. The third kappa shape index (κ3) is 2.16. The number of nitrogens with zero attached hydrogens (tertiary/aromatic N) is 2. The quantitative estimate of drug-likeness (QED) is 0.429. The van der Waals surface area contributed by atoms with Crippen LogP contribution in [0, 0.1) is 13.8 Å². The van der Waals surface area contributed by atoms with E-state index in [4.69, 9.17) is 5.84 Å². The van der Waals surface area contributed by atoms with Gasteiger partial charge in [0.05, 0.1) is 17.4 Å². The highest BCUT2D eigenvalue weighted by Gasteiger charge is 2.13. The van der Waals surface area contributed by atoms with Gasteiger partial charge in [-0.25, -0.2) is 5.43 Å². The van der Waals surface area contributed by atoms with Crippen LogP contribution >= 0.6 is 0 Å². The summed E-state index contributed by atoms with van der Waals surface area (Å²) >= 11 is 0. The van der Waals surface area contributed by atoms with Crippen LogP contribution in [0.1, 0.15) is 29.9 Å². The number of nitrogens with one attached hydrogen (secondary N) is 1. The van der Waals surface area contributed by atoms with Crippen molar-refractivity contribution < 1.29 is 0 Å². The van der Waals surface area contributed by atoms with Crippen LogP contribution in [0.3, 0.4) is 0 Å². The Bertz CT molecular complexity index is 346. The van der Waals surface area contributed by atoms with Crippen molar-refractivity contribution in [2.75, 3.05) is 0 Å². The Morgan fingerprint density at radius 3 is 2.64 bits per heavy atom. The molecule has 0 radical (unpaired) electrons. The summed E-state index contributed by atoms with van der Waals surface area (Å²) in [5.41, 5.74) is 6.47. The summed E-state index contributed by atoms with van der Waals surface area (Å²) < 4.78 is 0. The van der Waals surface area contributed by atoms with Gasteiger partial charge in [-0.15, -0.1) is 0 Å². The van der Waals surface area contributed by atoms with Gasteiger partial charge in [0.25, 0.3) is 0 Å². The molecule has 4 heteroatoms.